The first-order valence-corrected chi connectivity index (χ1v) is 10.3. The quantitative estimate of drug-likeness (QED) is 0.907. The van der Waals surface area contributed by atoms with Gasteiger partial charge in [0.25, 0.3) is 0 Å². The lowest BCUT2D eigenvalue weighted by molar-refractivity contribution is 0.0460. The second-order valence-corrected chi connectivity index (χ2v) is 8.73. The normalized spacial score (nSPS) is 25.6. The molecule has 1 atom stereocenters. The molecule has 1 aliphatic carbocycles. The highest BCUT2D eigenvalue weighted by atomic mass is 15.2. The maximum Gasteiger partial charge on any atom is 0.221 e. The first kappa shape index (κ1) is 17.0. The van der Waals surface area contributed by atoms with Gasteiger partial charge < -0.3 is 10.6 Å². The number of benzene rings is 1. The highest BCUT2D eigenvalue weighted by Gasteiger charge is 2.45. The van der Waals surface area contributed by atoms with Crippen LogP contribution >= 0.6 is 0 Å². The third kappa shape index (κ3) is 3.53. The molecule has 27 heavy (non-hydrogen) atoms. The first-order chi connectivity index (χ1) is 13.2. The summed E-state index contributed by atoms with van der Waals surface area (Å²) in [5, 5.41) is 0. The molecular weight excluding hydrogens is 334 g/mol. The van der Waals surface area contributed by atoms with Crippen molar-refractivity contribution in [3.63, 3.8) is 0 Å². The van der Waals surface area contributed by atoms with E-state index in [0.29, 0.717) is 17.3 Å². The number of rotatable bonds is 3. The SMILES string of the molecule is Nc1nccc(N2CCC3(CC2)C[C@H](c2ccccc2)CN(C2CC2)C3)n1. The second kappa shape index (κ2) is 6.79. The number of hydrogen-bond donors (Lipinski definition) is 1. The van der Waals surface area contributed by atoms with Gasteiger partial charge in [0, 0.05) is 38.4 Å². The minimum atomic E-state index is 0.370. The molecule has 1 aromatic heterocycles. The van der Waals surface area contributed by atoms with Gasteiger partial charge in [-0.1, -0.05) is 30.3 Å². The number of hydrogen-bond acceptors (Lipinski definition) is 5. The van der Waals surface area contributed by atoms with Gasteiger partial charge in [-0.15, -0.1) is 0 Å². The molecule has 0 radical (unpaired) electrons. The lowest BCUT2D eigenvalue weighted by Crippen LogP contribution is -2.52. The zero-order valence-corrected chi connectivity index (χ0v) is 15.9. The zero-order valence-electron chi connectivity index (χ0n) is 15.9. The molecule has 2 aromatic rings. The third-order valence-electron chi connectivity index (χ3n) is 6.81. The van der Waals surface area contributed by atoms with E-state index in [1.54, 1.807) is 6.20 Å². The fourth-order valence-electron chi connectivity index (χ4n) is 5.21. The van der Waals surface area contributed by atoms with Crippen LogP contribution in [0.2, 0.25) is 0 Å². The number of piperidine rings is 2. The van der Waals surface area contributed by atoms with E-state index in [1.165, 1.54) is 50.8 Å². The first-order valence-electron chi connectivity index (χ1n) is 10.3. The molecule has 1 spiro atoms. The summed E-state index contributed by atoms with van der Waals surface area (Å²) in [6.45, 7) is 4.65. The van der Waals surface area contributed by atoms with Crippen LogP contribution in [0.15, 0.2) is 42.6 Å². The Hall–Kier alpha value is -2.14. The molecule has 5 rings (SSSR count). The molecule has 0 bridgehead atoms. The molecule has 0 amide bonds. The van der Waals surface area contributed by atoms with Gasteiger partial charge in [-0.2, -0.15) is 4.98 Å². The van der Waals surface area contributed by atoms with Gasteiger partial charge in [0.05, 0.1) is 0 Å². The Morgan fingerprint density at radius 2 is 1.81 bits per heavy atom. The van der Waals surface area contributed by atoms with Gasteiger partial charge in [-0.05, 0) is 55.1 Å². The molecule has 2 saturated heterocycles. The summed E-state index contributed by atoms with van der Waals surface area (Å²) in [6.07, 6.45) is 8.35. The van der Waals surface area contributed by atoms with Gasteiger partial charge in [-0.25, -0.2) is 4.98 Å². The topological polar surface area (TPSA) is 58.3 Å². The van der Waals surface area contributed by atoms with Crippen molar-refractivity contribution in [3.8, 4) is 0 Å². The van der Waals surface area contributed by atoms with Crippen LogP contribution in [0.25, 0.3) is 0 Å². The fourth-order valence-corrected chi connectivity index (χ4v) is 5.21. The Kier molecular flexibility index (Phi) is 4.27. The van der Waals surface area contributed by atoms with Gasteiger partial charge >= 0.3 is 0 Å². The van der Waals surface area contributed by atoms with Crippen LogP contribution in [-0.4, -0.2) is 47.1 Å². The Morgan fingerprint density at radius 1 is 1.04 bits per heavy atom. The Bertz CT molecular complexity index is 780. The lowest BCUT2D eigenvalue weighted by Gasteiger charge is -2.51. The molecule has 5 nitrogen and oxygen atoms in total. The Morgan fingerprint density at radius 3 is 2.52 bits per heavy atom. The molecule has 1 aromatic carbocycles. The smallest absolute Gasteiger partial charge is 0.221 e. The van der Waals surface area contributed by atoms with Crippen LogP contribution in [0.3, 0.4) is 0 Å². The van der Waals surface area contributed by atoms with Crippen molar-refractivity contribution >= 4 is 11.8 Å². The largest absolute Gasteiger partial charge is 0.368 e. The lowest BCUT2D eigenvalue weighted by atomic mass is 9.68. The van der Waals surface area contributed by atoms with Gasteiger partial charge in [0.1, 0.15) is 5.82 Å². The standard InChI is InChI=1S/C22H29N5/c23-21-24-11-8-20(25-21)26-12-9-22(10-13-26)14-18(17-4-2-1-3-5-17)15-27(16-22)19-6-7-19/h1-5,8,11,18-19H,6-7,9-10,12-16H2,(H2,23,24,25)/t18-/m0/s1. The van der Waals surface area contributed by atoms with E-state index >= 15 is 0 Å². The van der Waals surface area contributed by atoms with Crippen LogP contribution in [0, 0.1) is 5.41 Å². The van der Waals surface area contributed by atoms with E-state index in [9.17, 15) is 0 Å². The predicted octanol–water partition coefficient (Wildman–Crippen LogP) is 3.30. The molecule has 142 valence electrons. The number of anilines is 2. The van der Waals surface area contributed by atoms with Crippen molar-refractivity contribution in [2.24, 2.45) is 5.41 Å². The van der Waals surface area contributed by atoms with E-state index in [2.05, 4.69) is 50.1 Å². The summed E-state index contributed by atoms with van der Waals surface area (Å²) >= 11 is 0. The molecule has 3 fully saturated rings. The molecule has 3 heterocycles. The maximum absolute atomic E-state index is 5.79. The molecule has 2 aliphatic heterocycles. The molecular formula is C22H29N5. The molecule has 3 aliphatic rings. The van der Waals surface area contributed by atoms with Crippen LogP contribution < -0.4 is 10.6 Å². The average molecular weight is 364 g/mol. The number of nitrogens with zero attached hydrogens (tertiary/aromatic N) is 4. The highest BCUT2D eigenvalue weighted by molar-refractivity contribution is 5.41. The minimum Gasteiger partial charge on any atom is -0.368 e. The van der Waals surface area contributed by atoms with Crippen LogP contribution in [0.4, 0.5) is 11.8 Å². The van der Waals surface area contributed by atoms with Crippen molar-refractivity contribution < 1.29 is 0 Å². The Labute approximate surface area is 161 Å². The van der Waals surface area contributed by atoms with Crippen molar-refractivity contribution in [2.45, 2.75) is 44.1 Å². The summed E-state index contributed by atoms with van der Waals surface area (Å²) in [6, 6.07) is 14.0. The maximum atomic E-state index is 5.79. The number of nitrogen functional groups attached to an aromatic ring is 1. The van der Waals surface area contributed by atoms with E-state index in [0.717, 1.165) is 24.9 Å². The number of likely N-dealkylation sites (tertiary alicyclic amines) is 1. The van der Waals surface area contributed by atoms with E-state index in [4.69, 9.17) is 5.73 Å². The fraction of sp³-hybridized carbons (Fsp3) is 0.545. The van der Waals surface area contributed by atoms with Gasteiger partial charge in [0.15, 0.2) is 0 Å². The highest BCUT2D eigenvalue weighted by Crippen LogP contribution is 2.47. The number of aromatic nitrogens is 2. The summed E-state index contributed by atoms with van der Waals surface area (Å²) < 4.78 is 0. The van der Waals surface area contributed by atoms with E-state index in [-0.39, 0.29) is 0 Å². The van der Waals surface area contributed by atoms with Gasteiger partial charge in [-0.3, -0.25) is 4.90 Å². The van der Waals surface area contributed by atoms with Crippen molar-refractivity contribution in [2.75, 3.05) is 36.8 Å². The molecule has 5 heteroatoms. The summed E-state index contributed by atoms with van der Waals surface area (Å²) in [5.41, 5.74) is 7.75. The average Bonchev–Trinajstić information content (AvgIpc) is 3.54. The van der Waals surface area contributed by atoms with Crippen LogP contribution in [0.5, 0.6) is 0 Å². The van der Waals surface area contributed by atoms with E-state index < -0.39 is 0 Å². The van der Waals surface area contributed by atoms with E-state index in [1.807, 2.05) is 6.07 Å². The predicted molar refractivity (Wildman–Crippen MR) is 109 cm³/mol. The Balaban J connectivity index is 1.34. The third-order valence-corrected chi connectivity index (χ3v) is 6.81. The van der Waals surface area contributed by atoms with Crippen molar-refractivity contribution in [1.29, 1.82) is 0 Å². The van der Waals surface area contributed by atoms with Crippen LogP contribution in [-0.2, 0) is 0 Å². The summed E-state index contributed by atoms with van der Waals surface area (Å²) in [5.74, 6) is 2.02. The second-order valence-electron chi connectivity index (χ2n) is 8.73. The monoisotopic (exact) mass is 363 g/mol. The molecule has 0 unspecified atom stereocenters. The summed E-state index contributed by atoms with van der Waals surface area (Å²) in [4.78, 5) is 13.7. The van der Waals surface area contributed by atoms with Crippen LogP contribution in [0.1, 0.15) is 43.6 Å². The minimum absolute atomic E-state index is 0.370. The van der Waals surface area contributed by atoms with Crippen molar-refractivity contribution in [3.05, 3.63) is 48.2 Å². The zero-order chi connectivity index (χ0) is 18.3. The molecule has 1 saturated carbocycles. The summed E-state index contributed by atoms with van der Waals surface area (Å²) in [7, 11) is 0. The number of nitrogens with two attached hydrogens (primary N) is 1. The molecule has 2 N–H and O–H groups in total. The van der Waals surface area contributed by atoms with Gasteiger partial charge in [0.2, 0.25) is 5.95 Å². The van der Waals surface area contributed by atoms with Crippen molar-refractivity contribution in [1.82, 2.24) is 14.9 Å².